The summed E-state index contributed by atoms with van der Waals surface area (Å²) in [5, 5.41) is 2.82. The number of amides is 1. The van der Waals surface area contributed by atoms with E-state index < -0.39 is 0 Å². The Hall–Kier alpha value is -2.49. The summed E-state index contributed by atoms with van der Waals surface area (Å²) in [4.78, 5) is 23.4. The minimum absolute atomic E-state index is 0.0115. The molecule has 0 aliphatic heterocycles. The van der Waals surface area contributed by atoms with E-state index in [-0.39, 0.29) is 23.4 Å². The van der Waals surface area contributed by atoms with E-state index in [1.807, 2.05) is 6.92 Å². The van der Waals surface area contributed by atoms with Crippen molar-refractivity contribution in [3.8, 4) is 0 Å². The van der Waals surface area contributed by atoms with Crippen LogP contribution in [0.4, 0.5) is 10.1 Å². The molecule has 2 rings (SSSR count). The van der Waals surface area contributed by atoms with E-state index in [1.54, 1.807) is 36.4 Å². The van der Waals surface area contributed by atoms with Crippen LogP contribution in [0.5, 0.6) is 0 Å². The predicted octanol–water partition coefficient (Wildman–Crippen LogP) is 3.85. The zero-order valence-electron chi connectivity index (χ0n) is 12.6. The van der Waals surface area contributed by atoms with Crippen molar-refractivity contribution in [3.63, 3.8) is 0 Å². The number of anilines is 1. The lowest BCUT2D eigenvalue weighted by Crippen LogP contribution is -2.22. The quantitative estimate of drug-likeness (QED) is 0.852. The summed E-state index contributed by atoms with van der Waals surface area (Å²) < 4.78 is 12.9. The minimum atomic E-state index is -0.286. The Labute approximate surface area is 129 Å². The van der Waals surface area contributed by atoms with Crippen LogP contribution in [0.2, 0.25) is 0 Å². The lowest BCUT2D eigenvalue weighted by atomic mass is 10.00. The molecule has 4 heteroatoms. The highest BCUT2D eigenvalue weighted by atomic mass is 19.1. The fourth-order valence-electron chi connectivity index (χ4n) is 2.12. The largest absolute Gasteiger partial charge is 0.326 e. The fourth-order valence-corrected chi connectivity index (χ4v) is 2.12. The summed E-state index contributed by atoms with van der Waals surface area (Å²) in [6, 6.07) is 12.9. The second-order valence-corrected chi connectivity index (χ2v) is 5.35. The average molecular weight is 299 g/mol. The number of Topliss-reactive ketones (excluding diaryl/α,β-unsaturated/α-hetero) is 1. The highest BCUT2D eigenvalue weighted by Gasteiger charge is 2.14. The van der Waals surface area contributed by atoms with Gasteiger partial charge in [0, 0.05) is 17.2 Å². The molecule has 114 valence electrons. The number of benzene rings is 2. The van der Waals surface area contributed by atoms with Gasteiger partial charge in [0.1, 0.15) is 5.82 Å². The minimum Gasteiger partial charge on any atom is -0.326 e. The van der Waals surface area contributed by atoms with Crippen molar-refractivity contribution in [2.24, 2.45) is 5.92 Å². The van der Waals surface area contributed by atoms with Gasteiger partial charge < -0.3 is 5.32 Å². The van der Waals surface area contributed by atoms with Gasteiger partial charge in [0.2, 0.25) is 5.91 Å². The molecule has 0 spiro atoms. The van der Waals surface area contributed by atoms with E-state index in [4.69, 9.17) is 0 Å². The third-order valence-electron chi connectivity index (χ3n) is 3.46. The van der Waals surface area contributed by atoms with Gasteiger partial charge in [0.15, 0.2) is 5.78 Å². The summed E-state index contributed by atoms with van der Waals surface area (Å²) in [5.41, 5.74) is 2.18. The Morgan fingerprint density at radius 1 is 1.05 bits per heavy atom. The van der Waals surface area contributed by atoms with Crippen LogP contribution in [-0.4, -0.2) is 11.7 Å². The zero-order chi connectivity index (χ0) is 16.1. The number of carbonyl (C=O) groups excluding carboxylic acids is 2. The molecular formula is C18H18FNO2. The third-order valence-corrected chi connectivity index (χ3v) is 3.46. The third kappa shape index (κ3) is 4.25. The van der Waals surface area contributed by atoms with E-state index >= 15 is 0 Å². The molecule has 1 amide bonds. The van der Waals surface area contributed by atoms with Crippen molar-refractivity contribution < 1.29 is 14.0 Å². The first kappa shape index (κ1) is 15.9. The Bertz CT molecular complexity index is 662. The Morgan fingerprint density at radius 2 is 1.64 bits per heavy atom. The van der Waals surface area contributed by atoms with Gasteiger partial charge in [-0.05, 0) is 55.3 Å². The van der Waals surface area contributed by atoms with Crippen LogP contribution < -0.4 is 5.32 Å². The second-order valence-electron chi connectivity index (χ2n) is 5.35. The maximum absolute atomic E-state index is 12.9. The van der Waals surface area contributed by atoms with Crippen LogP contribution in [-0.2, 0) is 11.2 Å². The molecule has 0 saturated carbocycles. The molecule has 1 atom stereocenters. The molecule has 0 aliphatic carbocycles. The van der Waals surface area contributed by atoms with Crippen molar-refractivity contribution in [2.45, 2.75) is 20.3 Å². The summed E-state index contributed by atoms with van der Waals surface area (Å²) in [6.45, 7) is 3.32. The van der Waals surface area contributed by atoms with E-state index in [9.17, 15) is 14.0 Å². The zero-order valence-corrected chi connectivity index (χ0v) is 12.6. The lowest BCUT2D eigenvalue weighted by molar-refractivity contribution is -0.119. The molecular weight excluding hydrogens is 281 g/mol. The van der Waals surface area contributed by atoms with Crippen LogP contribution in [0.25, 0.3) is 0 Å². The molecule has 3 nitrogen and oxygen atoms in total. The normalized spacial score (nSPS) is 11.8. The maximum Gasteiger partial charge on any atom is 0.227 e. The summed E-state index contributed by atoms with van der Waals surface area (Å²) in [5.74, 6) is -0.646. The molecule has 0 radical (unpaired) electrons. The first-order valence-electron chi connectivity index (χ1n) is 7.12. The van der Waals surface area contributed by atoms with Gasteiger partial charge in [-0.2, -0.15) is 0 Å². The standard InChI is InChI=1S/C18H18FNO2/c1-12(11-14-3-7-16(19)8-4-14)18(22)20-17-9-5-15(6-10-17)13(2)21/h3-10,12H,11H2,1-2H3,(H,20,22). The second kappa shape index (κ2) is 6.98. The molecule has 1 unspecified atom stereocenters. The Kier molecular flexibility index (Phi) is 5.04. The lowest BCUT2D eigenvalue weighted by Gasteiger charge is -2.12. The molecule has 0 aliphatic rings. The van der Waals surface area contributed by atoms with E-state index in [2.05, 4.69) is 5.32 Å². The van der Waals surface area contributed by atoms with E-state index in [1.165, 1.54) is 19.1 Å². The van der Waals surface area contributed by atoms with Gasteiger partial charge >= 0.3 is 0 Å². The van der Waals surface area contributed by atoms with Crippen molar-refractivity contribution in [1.29, 1.82) is 0 Å². The number of ketones is 1. The Balaban J connectivity index is 1.95. The van der Waals surface area contributed by atoms with Crippen LogP contribution in [0, 0.1) is 11.7 Å². The van der Waals surface area contributed by atoms with Gasteiger partial charge in [0.25, 0.3) is 0 Å². The fraction of sp³-hybridized carbons (Fsp3) is 0.222. The van der Waals surface area contributed by atoms with Gasteiger partial charge in [-0.15, -0.1) is 0 Å². The van der Waals surface area contributed by atoms with Crippen molar-refractivity contribution in [3.05, 3.63) is 65.5 Å². The molecule has 2 aromatic carbocycles. The number of halogens is 1. The summed E-state index contributed by atoms with van der Waals surface area (Å²) >= 11 is 0. The first-order chi connectivity index (χ1) is 10.5. The number of nitrogens with one attached hydrogen (secondary N) is 1. The molecule has 0 heterocycles. The molecule has 0 bridgehead atoms. The van der Waals surface area contributed by atoms with Crippen LogP contribution in [0.3, 0.4) is 0 Å². The summed E-state index contributed by atoms with van der Waals surface area (Å²) in [7, 11) is 0. The molecule has 0 fully saturated rings. The monoisotopic (exact) mass is 299 g/mol. The topological polar surface area (TPSA) is 46.2 Å². The van der Waals surface area contributed by atoms with Gasteiger partial charge in [-0.1, -0.05) is 19.1 Å². The number of hydrogen-bond donors (Lipinski definition) is 1. The van der Waals surface area contributed by atoms with Gasteiger partial charge in [-0.25, -0.2) is 4.39 Å². The van der Waals surface area contributed by atoms with Crippen molar-refractivity contribution in [1.82, 2.24) is 0 Å². The van der Waals surface area contributed by atoms with E-state index in [0.717, 1.165) is 5.56 Å². The highest BCUT2D eigenvalue weighted by molar-refractivity contribution is 5.96. The van der Waals surface area contributed by atoms with Crippen molar-refractivity contribution >= 4 is 17.4 Å². The molecule has 2 aromatic rings. The van der Waals surface area contributed by atoms with Crippen LogP contribution in [0.1, 0.15) is 29.8 Å². The van der Waals surface area contributed by atoms with Gasteiger partial charge in [-0.3, -0.25) is 9.59 Å². The number of hydrogen-bond acceptors (Lipinski definition) is 2. The first-order valence-corrected chi connectivity index (χ1v) is 7.12. The van der Waals surface area contributed by atoms with E-state index in [0.29, 0.717) is 17.7 Å². The van der Waals surface area contributed by atoms with Crippen LogP contribution >= 0.6 is 0 Å². The average Bonchev–Trinajstić information content (AvgIpc) is 2.50. The molecule has 22 heavy (non-hydrogen) atoms. The number of carbonyl (C=O) groups is 2. The predicted molar refractivity (Wildman–Crippen MR) is 84.3 cm³/mol. The summed E-state index contributed by atoms with van der Waals surface area (Å²) in [6.07, 6.45) is 0.539. The molecule has 0 saturated heterocycles. The van der Waals surface area contributed by atoms with Gasteiger partial charge in [0.05, 0.1) is 0 Å². The Morgan fingerprint density at radius 3 is 2.18 bits per heavy atom. The highest BCUT2D eigenvalue weighted by Crippen LogP contribution is 2.14. The maximum atomic E-state index is 12.9. The number of rotatable bonds is 5. The molecule has 1 N–H and O–H groups in total. The SMILES string of the molecule is CC(=O)c1ccc(NC(=O)C(C)Cc2ccc(F)cc2)cc1. The van der Waals surface area contributed by atoms with Crippen molar-refractivity contribution in [2.75, 3.05) is 5.32 Å². The molecule has 0 aromatic heterocycles. The van der Waals surface area contributed by atoms with Crippen LogP contribution in [0.15, 0.2) is 48.5 Å². The smallest absolute Gasteiger partial charge is 0.227 e.